The lowest BCUT2D eigenvalue weighted by atomic mass is 9.54. The number of hydrogen-bond acceptors (Lipinski definition) is 5. The summed E-state index contributed by atoms with van der Waals surface area (Å²) in [5.41, 5.74) is -1.06. The standard InChI is InChI=1S/C15H22O5/c1-7-6-9(16)12(17)14(2)5-4-8-11(10(7)14)20-13(18)15(8,3)19/h6,8-12,16-17,19H,4-5H2,1-3H3/t8-,9-,10-,11+,12-,14-,15-/m1/s1. The Morgan fingerprint density at radius 2 is 2.00 bits per heavy atom. The molecule has 0 radical (unpaired) electrons. The molecule has 0 bridgehead atoms. The van der Waals surface area contributed by atoms with E-state index in [2.05, 4.69) is 0 Å². The summed E-state index contributed by atoms with van der Waals surface area (Å²) in [5.74, 6) is -0.985. The molecule has 3 rings (SSSR count). The summed E-state index contributed by atoms with van der Waals surface area (Å²) in [6, 6.07) is 0. The molecule has 1 saturated heterocycles. The SMILES string of the molecule is CC1=C[C@@H](O)[C@@H](O)[C@]2(C)CC[C@@H]3[C@H](OC(=O)[C@]3(C)O)[C@@H]12. The van der Waals surface area contributed by atoms with E-state index in [1.807, 2.05) is 13.8 Å². The second-order valence-corrected chi connectivity index (χ2v) is 6.99. The monoisotopic (exact) mass is 282 g/mol. The molecule has 7 atom stereocenters. The Bertz CT molecular complexity index is 483. The molecule has 0 spiro atoms. The van der Waals surface area contributed by atoms with Gasteiger partial charge in [-0.3, -0.25) is 0 Å². The third-order valence-corrected chi connectivity index (χ3v) is 5.73. The van der Waals surface area contributed by atoms with Gasteiger partial charge in [-0.05, 0) is 26.7 Å². The Balaban J connectivity index is 2.05. The lowest BCUT2D eigenvalue weighted by Crippen LogP contribution is -2.57. The molecule has 0 aromatic rings. The van der Waals surface area contributed by atoms with E-state index in [0.717, 1.165) is 5.57 Å². The number of carbonyl (C=O) groups is 1. The highest BCUT2D eigenvalue weighted by Crippen LogP contribution is 2.57. The van der Waals surface area contributed by atoms with Crippen molar-refractivity contribution in [2.24, 2.45) is 17.3 Å². The minimum Gasteiger partial charge on any atom is -0.459 e. The number of ether oxygens (including phenoxy) is 1. The van der Waals surface area contributed by atoms with E-state index in [1.165, 1.54) is 6.92 Å². The predicted octanol–water partition coefficient (Wildman–Crippen LogP) is 0.377. The van der Waals surface area contributed by atoms with Crippen molar-refractivity contribution in [3.8, 4) is 0 Å². The Morgan fingerprint density at radius 3 is 2.65 bits per heavy atom. The van der Waals surface area contributed by atoms with Crippen molar-refractivity contribution < 1.29 is 24.9 Å². The number of aliphatic hydroxyl groups is 3. The van der Waals surface area contributed by atoms with Gasteiger partial charge in [0.25, 0.3) is 0 Å². The van der Waals surface area contributed by atoms with Gasteiger partial charge >= 0.3 is 5.97 Å². The Kier molecular flexibility index (Phi) is 2.85. The zero-order valence-corrected chi connectivity index (χ0v) is 12.0. The molecule has 112 valence electrons. The molecule has 20 heavy (non-hydrogen) atoms. The molecule has 1 saturated carbocycles. The van der Waals surface area contributed by atoms with Crippen LogP contribution >= 0.6 is 0 Å². The third kappa shape index (κ3) is 1.57. The quantitative estimate of drug-likeness (QED) is 0.441. The van der Waals surface area contributed by atoms with Crippen LogP contribution in [-0.4, -0.2) is 45.2 Å². The third-order valence-electron chi connectivity index (χ3n) is 5.73. The molecule has 5 heteroatoms. The average Bonchev–Trinajstić information content (AvgIpc) is 2.57. The fourth-order valence-electron chi connectivity index (χ4n) is 4.50. The van der Waals surface area contributed by atoms with Crippen LogP contribution in [0.4, 0.5) is 0 Å². The van der Waals surface area contributed by atoms with Crippen LogP contribution in [0.2, 0.25) is 0 Å². The summed E-state index contributed by atoms with van der Waals surface area (Å²) in [7, 11) is 0. The Labute approximate surface area is 118 Å². The minimum absolute atomic E-state index is 0.155. The molecule has 0 amide bonds. The van der Waals surface area contributed by atoms with E-state index in [-0.39, 0.29) is 11.8 Å². The normalized spacial score (nSPS) is 54.8. The summed E-state index contributed by atoms with van der Waals surface area (Å²) in [5, 5.41) is 30.7. The van der Waals surface area contributed by atoms with Gasteiger partial charge in [-0.2, -0.15) is 0 Å². The van der Waals surface area contributed by atoms with Gasteiger partial charge in [0, 0.05) is 17.3 Å². The lowest BCUT2D eigenvalue weighted by molar-refractivity contribution is -0.158. The highest BCUT2D eigenvalue weighted by atomic mass is 16.6. The van der Waals surface area contributed by atoms with E-state index in [9.17, 15) is 20.1 Å². The summed E-state index contributed by atoms with van der Waals surface area (Å²) in [4.78, 5) is 11.9. The molecule has 1 aliphatic heterocycles. The maximum atomic E-state index is 11.9. The molecule has 2 fully saturated rings. The van der Waals surface area contributed by atoms with Crippen LogP contribution in [0.1, 0.15) is 33.6 Å². The Morgan fingerprint density at radius 1 is 1.35 bits per heavy atom. The van der Waals surface area contributed by atoms with Crippen molar-refractivity contribution in [3.63, 3.8) is 0 Å². The minimum atomic E-state index is -1.45. The molecule has 0 aromatic carbocycles. The maximum absolute atomic E-state index is 11.9. The topological polar surface area (TPSA) is 87.0 Å². The van der Waals surface area contributed by atoms with Gasteiger partial charge in [-0.1, -0.05) is 18.6 Å². The fourth-order valence-corrected chi connectivity index (χ4v) is 4.50. The summed E-state index contributed by atoms with van der Waals surface area (Å²) >= 11 is 0. The van der Waals surface area contributed by atoms with E-state index >= 15 is 0 Å². The van der Waals surface area contributed by atoms with Crippen LogP contribution in [0.3, 0.4) is 0 Å². The highest BCUT2D eigenvalue weighted by Gasteiger charge is 2.64. The van der Waals surface area contributed by atoms with Crippen LogP contribution < -0.4 is 0 Å². The molecule has 0 aromatic heterocycles. The van der Waals surface area contributed by atoms with Crippen LogP contribution in [0, 0.1) is 17.3 Å². The first-order chi connectivity index (χ1) is 9.19. The van der Waals surface area contributed by atoms with Crippen LogP contribution in [-0.2, 0) is 9.53 Å². The molecular weight excluding hydrogens is 260 g/mol. The van der Waals surface area contributed by atoms with Crippen LogP contribution in [0.25, 0.3) is 0 Å². The van der Waals surface area contributed by atoms with Gasteiger partial charge in [-0.15, -0.1) is 0 Å². The number of fused-ring (bicyclic) bond motifs is 3. The molecule has 3 aliphatic rings. The van der Waals surface area contributed by atoms with Gasteiger partial charge < -0.3 is 20.1 Å². The second-order valence-electron chi connectivity index (χ2n) is 6.99. The van der Waals surface area contributed by atoms with E-state index < -0.39 is 35.3 Å². The van der Waals surface area contributed by atoms with E-state index in [4.69, 9.17) is 4.74 Å². The Hall–Kier alpha value is -0.910. The molecular formula is C15H22O5. The van der Waals surface area contributed by atoms with Gasteiger partial charge in [-0.25, -0.2) is 4.79 Å². The first-order valence-corrected chi connectivity index (χ1v) is 7.17. The van der Waals surface area contributed by atoms with E-state index in [0.29, 0.717) is 12.8 Å². The van der Waals surface area contributed by atoms with Crippen molar-refractivity contribution in [2.75, 3.05) is 0 Å². The van der Waals surface area contributed by atoms with Crippen molar-refractivity contribution in [3.05, 3.63) is 11.6 Å². The largest absolute Gasteiger partial charge is 0.459 e. The van der Waals surface area contributed by atoms with Crippen molar-refractivity contribution in [2.45, 2.75) is 57.5 Å². The zero-order valence-electron chi connectivity index (χ0n) is 12.0. The summed E-state index contributed by atoms with van der Waals surface area (Å²) < 4.78 is 5.45. The fraction of sp³-hybridized carbons (Fsp3) is 0.800. The van der Waals surface area contributed by atoms with Crippen molar-refractivity contribution in [1.82, 2.24) is 0 Å². The van der Waals surface area contributed by atoms with Crippen LogP contribution in [0.15, 0.2) is 11.6 Å². The number of esters is 1. The first kappa shape index (κ1) is 14.0. The van der Waals surface area contributed by atoms with Gasteiger partial charge in [0.15, 0.2) is 5.60 Å². The number of aliphatic hydroxyl groups excluding tert-OH is 2. The second kappa shape index (κ2) is 4.06. The molecule has 3 N–H and O–H groups in total. The smallest absolute Gasteiger partial charge is 0.338 e. The number of hydrogen-bond donors (Lipinski definition) is 3. The zero-order chi connectivity index (χ0) is 14.9. The molecule has 0 unspecified atom stereocenters. The van der Waals surface area contributed by atoms with Crippen molar-refractivity contribution in [1.29, 1.82) is 0 Å². The maximum Gasteiger partial charge on any atom is 0.338 e. The predicted molar refractivity (Wildman–Crippen MR) is 70.6 cm³/mol. The summed E-state index contributed by atoms with van der Waals surface area (Å²) in [6.07, 6.45) is 0.712. The van der Waals surface area contributed by atoms with Crippen LogP contribution in [0.5, 0.6) is 0 Å². The van der Waals surface area contributed by atoms with E-state index in [1.54, 1.807) is 6.08 Å². The highest BCUT2D eigenvalue weighted by molar-refractivity contribution is 5.82. The van der Waals surface area contributed by atoms with Crippen molar-refractivity contribution >= 4 is 5.97 Å². The van der Waals surface area contributed by atoms with Gasteiger partial charge in [0.1, 0.15) is 6.10 Å². The number of carbonyl (C=O) groups excluding carboxylic acids is 1. The first-order valence-electron chi connectivity index (χ1n) is 7.17. The average molecular weight is 282 g/mol. The summed E-state index contributed by atoms with van der Waals surface area (Å²) in [6.45, 7) is 5.33. The molecule has 5 nitrogen and oxygen atoms in total. The van der Waals surface area contributed by atoms with Gasteiger partial charge in [0.2, 0.25) is 0 Å². The van der Waals surface area contributed by atoms with Gasteiger partial charge in [0.05, 0.1) is 12.2 Å². The molecule has 2 aliphatic carbocycles. The lowest BCUT2D eigenvalue weighted by Gasteiger charge is -2.53. The number of rotatable bonds is 0. The molecule has 1 heterocycles.